The molecular weight excluding hydrogens is 190 g/mol. The summed E-state index contributed by atoms with van der Waals surface area (Å²) in [5.74, 6) is 0. The second-order valence-corrected chi connectivity index (χ2v) is 4.40. The number of hydrogen-bond acceptors (Lipinski definition) is 4. The number of aliphatic hydroxyl groups is 1. The lowest BCUT2D eigenvalue weighted by Gasteiger charge is -2.37. The number of nitrogens with zero attached hydrogens (tertiary/aromatic N) is 1. The zero-order valence-electron chi connectivity index (χ0n) is 9.78. The molecule has 90 valence electrons. The van der Waals surface area contributed by atoms with Crippen molar-refractivity contribution in [3.8, 4) is 0 Å². The summed E-state index contributed by atoms with van der Waals surface area (Å²) < 4.78 is 0. The third kappa shape index (κ3) is 4.47. The molecule has 15 heavy (non-hydrogen) atoms. The third-order valence-electron chi connectivity index (χ3n) is 3.10. The Morgan fingerprint density at radius 2 is 2.27 bits per heavy atom. The molecule has 4 N–H and O–H groups in total. The quantitative estimate of drug-likeness (QED) is 0.536. The highest BCUT2D eigenvalue weighted by atomic mass is 16.3. The summed E-state index contributed by atoms with van der Waals surface area (Å²) in [5, 5.41) is 13.0. The Morgan fingerprint density at radius 1 is 1.47 bits per heavy atom. The van der Waals surface area contributed by atoms with E-state index in [0.717, 1.165) is 39.1 Å². The van der Waals surface area contributed by atoms with Gasteiger partial charge in [0.2, 0.25) is 0 Å². The Labute approximate surface area is 92.8 Å². The molecule has 1 rings (SSSR count). The summed E-state index contributed by atoms with van der Waals surface area (Å²) in [6.45, 7) is 6.77. The first-order valence-corrected chi connectivity index (χ1v) is 6.08. The molecule has 0 aromatic carbocycles. The number of piperazine rings is 1. The minimum atomic E-state index is -0.243. The van der Waals surface area contributed by atoms with Gasteiger partial charge in [0.1, 0.15) is 0 Å². The molecule has 2 atom stereocenters. The maximum atomic E-state index is 9.65. The molecule has 1 saturated heterocycles. The van der Waals surface area contributed by atoms with Gasteiger partial charge in [-0.1, -0.05) is 6.42 Å². The Hall–Kier alpha value is -0.160. The van der Waals surface area contributed by atoms with Crippen molar-refractivity contribution in [1.82, 2.24) is 10.2 Å². The normalized spacial score (nSPS) is 25.4. The van der Waals surface area contributed by atoms with Crippen LogP contribution in [0.3, 0.4) is 0 Å². The van der Waals surface area contributed by atoms with Gasteiger partial charge in [0.15, 0.2) is 0 Å². The van der Waals surface area contributed by atoms with Crippen molar-refractivity contribution in [3.63, 3.8) is 0 Å². The van der Waals surface area contributed by atoms with E-state index in [9.17, 15) is 5.11 Å². The van der Waals surface area contributed by atoms with Gasteiger partial charge in [-0.15, -0.1) is 0 Å². The van der Waals surface area contributed by atoms with Crippen molar-refractivity contribution >= 4 is 0 Å². The molecule has 1 fully saturated rings. The minimum Gasteiger partial charge on any atom is -0.392 e. The van der Waals surface area contributed by atoms with E-state index in [1.165, 1.54) is 12.8 Å². The predicted molar refractivity (Wildman–Crippen MR) is 62.8 cm³/mol. The van der Waals surface area contributed by atoms with Crippen LogP contribution in [0.4, 0.5) is 0 Å². The van der Waals surface area contributed by atoms with Crippen molar-refractivity contribution in [2.24, 2.45) is 5.73 Å². The van der Waals surface area contributed by atoms with Gasteiger partial charge in [0.25, 0.3) is 0 Å². The molecule has 4 nitrogen and oxygen atoms in total. The van der Waals surface area contributed by atoms with Gasteiger partial charge in [0, 0.05) is 25.7 Å². The maximum absolute atomic E-state index is 9.65. The highest BCUT2D eigenvalue weighted by molar-refractivity contribution is 4.83. The van der Waals surface area contributed by atoms with Crippen LogP contribution in [0.1, 0.15) is 26.2 Å². The molecule has 0 aromatic heterocycles. The Kier molecular flexibility index (Phi) is 6.17. The van der Waals surface area contributed by atoms with E-state index < -0.39 is 0 Å². The van der Waals surface area contributed by atoms with Gasteiger partial charge in [0.05, 0.1) is 6.10 Å². The van der Waals surface area contributed by atoms with Crippen LogP contribution < -0.4 is 11.1 Å². The molecule has 0 bridgehead atoms. The number of hydrogen-bond donors (Lipinski definition) is 3. The summed E-state index contributed by atoms with van der Waals surface area (Å²) in [7, 11) is 0. The molecule has 4 heteroatoms. The van der Waals surface area contributed by atoms with Crippen molar-refractivity contribution in [1.29, 1.82) is 0 Å². The molecule has 0 aliphatic carbocycles. The van der Waals surface area contributed by atoms with Crippen molar-refractivity contribution in [2.45, 2.75) is 38.3 Å². The van der Waals surface area contributed by atoms with Crippen LogP contribution in [-0.4, -0.2) is 54.9 Å². The van der Waals surface area contributed by atoms with Crippen LogP contribution in [0.5, 0.6) is 0 Å². The highest BCUT2D eigenvalue weighted by Crippen LogP contribution is 2.09. The summed E-state index contributed by atoms with van der Waals surface area (Å²) in [6.07, 6.45) is 3.27. The predicted octanol–water partition coefficient (Wildman–Crippen LogP) is -0.230. The van der Waals surface area contributed by atoms with Crippen LogP contribution in [0.2, 0.25) is 0 Å². The fourth-order valence-electron chi connectivity index (χ4n) is 2.16. The first kappa shape index (κ1) is 12.9. The molecule has 0 radical (unpaired) electrons. The topological polar surface area (TPSA) is 61.5 Å². The van der Waals surface area contributed by atoms with Gasteiger partial charge >= 0.3 is 0 Å². The zero-order chi connectivity index (χ0) is 11.1. The van der Waals surface area contributed by atoms with Crippen molar-refractivity contribution in [2.75, 3.05) is 32.7 Å². The molecular formula is C11H25N3O. The number of nitrogens with two attached hydrogens (primary N) is 1. The van der Waals surface area contributed by atoms with Crippen LogP contribution in [0.15, 0.2) is 0 Å². The minimum absolute atomic E-state index is 0.243. The Bertz CT molecular complexity index is 164. The van der Waals surface area contributed by atoms with Crippen LogP contribution in [-0.2, 0) is 0 Å². The van der Waals surface area contributed by atoms with Crippen LogP contribution in [0.25, 0.3) is 0 Å². The van der Waals surface area contributed by atoms with Gasteiger partial charge in [-0.25, -0.2) is 0 Å². The molecule has 0 saturated carbocycles. The van der Waals surface area contributed by atoms with E-state index in [1.807, 2.05) is 6.92 Å². The molecule has 1 aliphatic rings. The van der Waals surface area contributed by atoms with E-state index in [1.54, 1.807) is 0 Å². The largest absolute Gasteiger partial charge is 0.392 e. The first-order valence-electron chi connectivity index (χ1n) is 6.08. The van der Waals surface area contributed by atoms with Gasteiger partial charge in [-0.3, -0.25) is 4.90 Å². The van der Waals surface area contributed by atoms with Gasteiger partial charge < -0.3 is 16.2 Å². The maximum Gasteiger partial charge on any atom is 0.0679 e. The lowest BCUT2D eigenvalue weighted by molar-refractivity contribution is 0.0443. The fourth-order valence-corrected chi connectivity index (χ4v) is 2.16. The SMILES string of the molecule is CC(O)C1CNCCN1CCCCCN. The standard InChI is InChI=1S/C11H25N3O/c1-10(15)11-9-13-6-8-14(11)7-4-2-3-5-12/h10-11,13,15H,2-9,12H2,1H3. The average molecular weight is 215 g/mol. The number of rotatable bonds is 6. The molecule has 2 unspecified atom stereocenters. The van der Waals surface area contributed by atoms with Crippen molar-refractivity contribution in [3.05, 3.63) is 0 Å². The second-order valence-electron chi connectivity index (χ2n) is 4.40. The zero-order valence-corrected chi connectivity index (χ0v) is 9.78. The molecule has 0 amide bonds. The molecule has 1 heterocycles. The van der Waals surface area contributed by atoms with Gasteiger partial charge in [-0.05, 0) is 32.9 Å². The number of unbranched alkanes of at least 4 members (excludes halogenated alkanes) is 2. The smallest absolute Gasteiger partial charge is 0.0679 e. The summed E-state index contributed by atoms with van der Waals surface area (Å²) >= 11 is 0. The number of aliphatic hydroxyl groups excluding tert-OH is 1. The highest BCUT2D eigenvalue weighted by Gasteiger charge is 2.25. The molecule has 1 aliphatic heterocycles. The summed E-state index contributed by atoms with van der Waals surface area (Å²) in [6, 6.07) is 0.289. The Morgan fingerprint density at radius 3 is 2.93 bits per heavy atom. The second kappa shape index (κ2) is 7.17. The van der Waals surface area contributed by atoms with Crippen LogP contribution >= 0.6 is 0 Å². The Balaban J connectivity index is 2.23. The third-order valence-corrected chi connectivity index (χ3v) is 3.10. The summed E-state index contributed by atoms with van der Waals surface area (Å²) in [5.41, 5.74) is 5.46. The molecule has 0 spiro atoms. The van der Waals surface area contributed by atoms with Crippen LogP contribution in [0, 0.1) is 0 Å². The van der Waals surface area contributed by atoms with Gasteiger partial charge in [-0.2, -0.15) is 0 Å². The summed E-state index contributed by atoms with van der Waals surface area (Å²) in [4.78, 5) is 2.40. The lowest BCUT2D eigenvalue weighted by Crippen LogP contribution is -2.55. The van der Waals surface area contributed by atoms with E-state index in [4.69, 9.17) is 5.73 Å². The number of nitrogens with one attached hydrogen (secondary N) is 1. The van der Waals surface area contributed by atoms with Crippen molar-refractivity contribution < 1.29 is 5.11 Å². The van der Waals surface area contributed by atoms with E-state index in [-0.39, 0.29) is 12.1 Å². The van der Waals surface area contributed by atoms with E-state index >= 15 is 0 Å². The molecule has 0 aromatic rings. The average Bonchev–Trinajstić information content (AvgIpc) is 2.25. The monoisotopic (exact) mass is 215 g/mol. The van der Waals surface area contributed by atoms with E-state index in [0.29, 0.717) is 0 Å². The fraction of sp³-hybridized carbons (Fsp3) is 1.00. The lowest BCUT2D eigenvalue weighted by atomic mass is 10.1. The van der Waals surface area contributed by atoms with E-state index in [2.05, 4.69) is 10.2 Å². The first-order chi connectivity index (χ1) is 7.25.